The van der Waals surface area contributed by atoms with Crippen molar-refractivity contribution in [2.45, 2.75) is 18.4 Å². The maximum Gasteiger partial charge on any atom is 0.254 e. The molecule has 1 spiro atoms. The Hall–Kier alpha value is -3.28. The van der Waals surface area contributed by atoms with Crippen molar-refractivity contribution >= 4 is 22.7 Å². The topological polar surface area (TPSA) is 72.4 Å². The predicted molar refractivity (Wildman–Crippen MR) is 98.8 cm³/mol. The van der Waals surface area contributed by atoms with E-state index in [0.717, 1.165) is 5.52 Å². The molecule has 1 amide bonds. The van der Waals surface area contributed by atoms with Crippen LogP contribution in [0.25, 0.3) is 11.0 Å². The van der Waals surface area contributed by atoms with E-state index in [9.17, 15) is 9.59 Å². The highest BCUT2D eigenvalue weighted by Crippen LogP contribution is 2.38. The number of hydrogen-bond acceptors (Lipinski definition) is 5. The fraction of sp³-hybridized carbons (Fsp3) is 0.238. The van der Waals surface area contributed by atoms with Crippen molar-refractivity contribution in [1.82, 2.24) is 14.9 Å². The molecule has 2 aliphatic rings. The van der Waals surface area contributed by atoms with Crippen LogP contribution in [0.4, 0.5) is 0 Å². The van der Waals surface area contributed by atoms with Crippen LogP contribution in [0.2, 0.25) is 0 Å². The average Bonchev–Trinajstić information content (AvgIpc) is 3.10. The van der Waals surface area contributed by atoms with E-state index in [-0.39, 0.29) is 11.7 Å². The molecule has 27 heavy (non-hydrogen) atoms. The fourth-order valence-corrected chi connectivity index (χ4v) is 3.97. The Morgan fingerprint density at radius 1 is 1.07 bits per heavy atom. The predicted octanol–water partition coefficient (Wildman–Crippen LogP) is 2.88. The van der Waals surface area contributed by atoms with Gasteiger partial charge in [0.05, 0.1) is 29.6 Å². The van der Waals surface area contributed by atoms with Crippen LogP contribution < -0.4 is 4.74 Å². The van der Waals surface area contributed by atoms with Crippen LogP contribution in [0.3, 0.4) is 0 Å². The summed E-state index contributed by atoms with van der Waals surface area (Å²) in [6.07, 6.45) is 4.19. The molecule has 3 aromatic rings. The number of nitrogens with zero attached hydrogens (tertiary/aromatic N) is 3. The SMILES string of the molecule is O=C1CC2(CCN(C(=O)c3ccc4nccnc4c3)C2)Oc2ccccc21. The Morgan fingerprint density at radius 2 is 1.89 bits per heavy atom. The molecule has 2 aromatic carbocycles. The summed E-state index contributed by atoms with van der Waals surface area (Å²) in [5.41, 5.74) is 2.02. The van der Waals surface area contributed by atoms with Crippen LogP contribution >= 0.6 is 0 Å². The molecule has 1 fully saturated rings. The van der Waals surface area contributed by atoms with Crippen LogP contribution in [0.15, 0.2) is 54.9 Å². The number of likely N-dealkylation sites (tertiary alicyclic amines) is 1. The molecule has 0 radical (unpaired) electrons. The standard InChI is InChI=1S/C21H17N3O3/c25-18-12-21(27-19-4-2-1-3-15(18)19)7-10-24(13-21)20(26)14-5-6-16-17(11-14)23-9-8-22-16/h1-6,8-9,11H,7,10,12-13H2. The number of fused-ring (bicyclic) bond motifs is 2. The zero-order valence-corrected chi connectivity index (χ0v) is 14.6. The lowest BCUT2D eigenvalue weighted by Crippen LogP contribution is -2.45. The summed E-state index contributed by atoms with van der Waals surface area (Å²) in [6.45, 7) is 0.969. The number of amides is 1. The molecule has 1 unspecified atom stereocenters. The second-order valence-corrected chi connectivity index (χ2v) is 7.12. The van der Waals surface area contributed by atoms with Crippen molar-refractivity contribution < 1.29 is 14.3 Å². The zero-order valence-electron chi connectivity index (χ0n) is 14.6. The number of para-hydroxylation sites is 1. The maximum absolute atomic E-state index is 13.0. The molecule has 1 saturated heterocycles. The minimum atomic E-state index is -0.627. The van der Waals surface area contributed by atoms with Gasteiger partial charge in [-0.2, -0.15) is 0 Å². The molecule has 2 aliphatic heterocycles. The summed E-state index contributed by atoms with van der Waals surface area (Å²) in [7, 11) is 0. The zero-order chi connectivity index (χ0) is 18.4. The summed E-state index contributed by atoms with van der Waals surface area (Å²) in [5, 5.41) is 0. The quantitative estimate of drug-likeness (QED) is 0.668. The van der Waals surface area contributed by atoms with Crippen molar-refractivity contribution in [3.05, 3.63) is 66.0 Å². The second-order valence-electron chi connectivity index (χ2n) is 7.12. The Morgan fingerprint density at radius 3 is 2.78 bits per heavy atom. The van der Waals surface area contributed by atoms with E-state index < -0.39 is 5.60 Å². The van der Waals surface area contributed by atoms with Gasteiger partial charge < -0.3 is 9.64 Å². The number of rotatable bonds is 1. The number of Topliss-reactive ketones (excluding diaryl/α,β-unsaturated/α-hetero) is 1. The molecule has 3 heterocycles. The van der Waals surface area contributed by atoms with Crippen LogP contribution in [0.5, 0.6) is 5.75 Å². The lowest BCUT2D eigenvalue weighted by Gasteiger charge is -2.34. The minimum absolute atomic E-state index is 0.0747. The summed E-state index contributed by atoms with van der Waals surface area (Å²) < 4.78 is 6.20. The van der Waals surface area contributed by atoms with Crippen LogP contribution in [0.1, 0.15) is 33.6 Å². The number of aromatic nitrogens is 2. The fourth-order valence-electron chi connectivity index (χ4n) is 3.97. The van der Waals surface area contributed by atoms with Crippen LogP contribution in [-0.4, -0.2) is 45.2 Å². The molecular weight excluding hydrogens is 342 g/mol. The number of ether oxygens (including phenoxy) is 1. The molecule has 6 nitrogen and oxygen atoms in total. The van der Waals surface area contributed by atoms with E-state index >= 15 is 0 Å². The lowest BCUT2D eigenvalue weighted by atomic mass is 9.89. The van der Waals surface area contributed by atoms with Gasteiger partial charge in [0.25, 0.3) is 5.91 Å². The summed E-state index contributed by atoms with van der Waals surface area (Å²) in [6, 6.07) is 12.6. The smallest absolute Gasteiger partial charge is 0.254 e. The molecule has 0 N–H and O–H groups in total. The van der Waals surface area contributed by atoms with E-state index in [0.29, 0.717) is 48.3 Å². The molecule has 0 saturated carbocycles. The Kier molecular flexibility index (Phi) is 3.47. The maximum atomic E-state index is 13.0. The van der Waals surface area contributed by atoms with Gasteiger partial charge >= 0.3 is 0 Å². The first-order valence-corrected chi connectivity index (χ1v) is 8.95. The second kappa shape index (κ2) is 5.87. The van der Waals surface area contributed by atoms with Crippen molar-refractivity contribution in [3.8, 4) is 5.75 Å². The molecule has 134 valence electrons. The van der Waals surface area contributed by atoms with Gasteiger partial charge in [-0.15, -0.1) is 0 Å². The highest BCUT2D eigenvalue weighted by Gasteiger charge is 2.47. The highest BCUT2D eigenvalue weighted by atomic mass is 16.5. The summed E-state index contributed by atoms with van der Waals surface area (Å²) in [4.78, 5) is 35.8. The van der Waals surface area contributed by atoms with E-state index in [2.05, 4.69) is 9.97 Å². The van der Waals surface area contributed by atoms with Gasteiger partial charge in [-0.1, -0.05) is 12.1 Å². The Labute approximate surface area is 155 Å². The third-order valence-electron chi connectivity index (χ3n) is 5.32. The number of carbonyl (C=O) groups is 2. The van der Waals surface area contributed by atoms with Crippen molar-refractivity contribution in [3.63, 3.8) is 0 Å². The normalized spacial score (nSPS) is 21.3. The van der Waals surface area contributed by atoms with Gasteiger partial charge in [0.1, 0.15) is 11.4 Å². The van der Waals surface area contributed by atoms with Gasteiger partial charge in [-0.05, 0) is 30.3 Å². The molecule has 1 atom stereocenters. The van der Waals surface area contributed by atoms with Gasteiger partial charge in [0, 0.05) is 30.9 Å². The van der Waals surface area contributed by atoms with Crippen molar-refractivity contribution in [2.24, 2.45) is 0 Å². The number of ketones is 1. The Bertz CT molecular complexity index is 1080. The van der Waals surface area contributed by atoms with Gasteiger partial charge in [-0.25, -0.2) is 0 Å². The third kappa shape index (κ3) is 2.65. The molecule has 5 rings (SSSR count). The number of benzene rings is 2. The third-order valence-corrected chi connectivity index (χ3v) is 5.32. The van der Waals surface area contributed by atoms with Crippen LogP contribution in [-0.2, 0) is 0 Å². The molecule has 1 aromatic heterocycles. The van der Waals surface area contributed by atoms with Crippen LogP contribution in [0, 0.1) is 0 Å². The molecule has 0 aliphatic carbocycles. The van der Waals surface area contributed by atoms with Gasteiger partial charge in [0.2, 0.25) is 0 Å². The number of hydrogen-bond donors (Lipinski definition) is 0. The largest absolute Gasteiger partial charge is 0.484 e. The van der Waals surface area contributed by atoms with E-state index in [4.69, 9.17) is 4.74 Å². The minimum Gasteiger partial charge on any atom is -0.484 e. The molecular formula is C21H17N3O3. The summed E-state index contributed by atoms with van der Waals surface area (Å²) >= 11 is 0. The van der Waals surface area contributed by atoms with Crippen molar-refractivity contribution in [1.29, 1.82) is 0 Å². The first-order chi connectivity index (χ1) is 13.1. The highest BCUT2D eigenvalue weighted by molar-refractivity contribution is 6.01. The van der Waals surface area contributed by atoms with E-state index in [1.165, 1.54) is 0 Å². The molecule has 0 bridgehead atoms. The van der Waals surface area contributed by atoms with E-state index in [1.54, 1.807) is 41.6 Å². The monoisotopic (exact) mass is 359 g/mol. The lowest BCUT2D eigenvalue weighted by molar-refractivity contribution is 0.0428. The number of carbonyl (C=O) groups excluding carboxylic acids is 2. The Balaban J connectivity index is 1.40. The van der Waals surface area contributed by atoms with E-state index in [1.807, 2.05) is 18.2 Å². The molecule has 6 heteroatoms. The van der Waals surface area contributed by atoms with Gasteiger partial charge in [0.15, 0.2) is 5.78 Å². The van der Waals surface area contributed by atoms with Gasteiger partial charge in [-0.3, -0.25) is 19.6 Å². The first kappa shape index (κ1) is 15.9. The first-order valence-electron chi connectivity index (χ1n) is 8.95. The van der Waals surface area contributed by atoms with Crippen molar-refractivity contribution in [2.75, 3.05) is 13.1 Å². The average molecular weight is 359 g/mol. The summed E-state index contributed by atoms with van der Waals surface area (Å²) in [5.74, 6) is 0.616.